The lowest BCUT2D eigenvalue weighted by molar-refractivity contribution is -0.145. The lowest BCUT2D eigenvalue weighted by atomic mass is 10.1. The van der Waals surface area contributed by atoms with E-state index in [2.05, 4.69) is 10.3 Å². The van der Waals surface area contributed by atoms with Gasteiger partial charge < -0.3 is 20.3 Å². The molecule has 112 valence electrons. The summed E-state index contributed by atoms with van der Waals surface area (Å²) in [6, 6.07) is 7.93. The Kier molecular flexibility index (Phi) is 4.94. The van der Waals surface area contributed by atoms with E-state index in [-0.39, 0.29) is 13.2 Å². The molecule has 0 fully saturated rings. The van der Waals surface area contributed by atoms with Gasteiger partial charge in [0.2, 0.25) is 0 Å². The highest BCUT2D eigenvalue weighted by atomic mass is 16.3. The van der Waals surface area contributed by atoms with E-state index < -0.39 is 11.8 Å². The summed E-state index contributed by atoms with van der Waals surface area (Å²) in [5.74, 6) is -1.28. The van der Waals surface area contributed by atoms with E-state index in [4.69, 9.17) is 5.11 Å². The van der Waals surface area contributed by atoms with Crippen LogP contribution in [0.5, 0.6) is 0 Å². The van der Waals surface area contributed by atoms with Crippen molar-refractivity contribution in [1.29, 1.82) is 0 Å². The van der Waals surface area contributed by atoms with Gasteiger partial charge in [-0.05, 0) is 18.1 Å². The lowest BCUT2D eigenvalue weighted by Gasteiger charge is -2.14. The van der Waals surface area contributed by atoms with Crippen molar-refractivity contribution in [2.24, 2.45) is 0 Å². The Morgan fingerprint density at radius 2 is 2.10 bits per heavy atom. The van der Waals surface area contributed by atoms with Gasteiger partial charge in [-0.1, -0.05) is 18.2 Å². The highest BCUT2D eigenvalue weighted by Gasteiger charge is 2.17. The summed E-state index contributed by atoms with van der Waals surface area (Å²) in [5.41, 5.74) is 2.15. The number of aliphatic hydroxyl groups is 1. The van der Waals surface area contributed by atoms with Gasteiger partial charge in [0.25, 0.3) is 0 Å². The van der Waals surface area contributed by atoms with Gasteiger partial charge in [-0.15, -0.1) is 0 Å². The number of nitrogens with zero attached hydrogens (tertiary/aromatic N) is 1. The van der Waals surface area contributed by atoms with E-state index in [0.29, 0.717) is 13.0 Å². The Labute approximate surface area is 122 Å². The zero-order chi connectivity index (χ0) is 15.2. The average Bonchev–Trinajstić information content (AvgIpc) is 2.90. The summed E-state index contributed by atoms with van der Waals surface area (Å²) >= 11 is 0. The van der Waals surface area contributed by atoms with Crippen LogP contribution in [0.3, 0.4) is 0 Å². The molecule has 0 aliphatic rings. The van der Waals surface area contributed by atoms with Gasteiger partial charge in [0.05, 0.1) is 6.61 Å². The Morgan fingerprint density at radius 1 is 1.33 bits per heavy atom. The topological polar surface area (TPSA) is 85.4 Å². The summed E-state index contributed by atoms with van der Waals surface area (Å²) in [6.45, 7) is 0.374. The standard InChI is InChI=1S/C15H19N3O3/c1-18(8-9-19)15(21)14(20)16-7-6-11-10-17-13-5-3-2-4-12(11)13/h2-5,10,17,19H,6-9H2,1H3,(H,16,20). The fourth-order valence-electron chi connectivity index (χ4n) is 2.15. The number of rotatable bonds is 5. The third kappa shape index (κ3) is 3.61. The van der Waals surface area contributed by atoms with Gasteiger partial charge in [-0.3, -0.25) is 9.59 Å². The Balaban J connectivity index is 1.87. The molecule has 0 atom stereocenters. The maximum atomic E-state index is 11.7. The maximum Gasteiger partial charge on any atom is 0.311 e. The number of benzene rings is 1. The van der Waals surface area contributed by atoms with Crippen LogP contribution >= 0.6 is 0 Å². The third-order valence-corrected chi connectivity index (χ3v) is 3.33. The number of carbonyl (C=O) groups excluding carboxylic acids is 2. The second kappa shape index (κ2) is 6.90. The van der Waals surface area contributed by atoms with Crippen LogP contribution in [-0.2, 0) is 16.0 Å². The number of H-pyrrole nitrogens is 1. The number of hydrogen-bond acceptors (Lipinski definition) is 3. The number of fused-ring (bicyclic) bond motifs is 1. The van der Waals surface area contributed by atoms with Crippen LogP contribution in [0, 0.1) is 0 Å². The molecule has 0 saturated carbocycles. The van der Waals surface area contributed by atoms with Gasteiger partial charge in [0, 0.05) is 37.2 Å². The van der Waals surface area contributed by atoms with Crippen LogP contribution in [0.4, 0.5) is 0 Å². The molecular weight excluding hydrogens is 270 g/mol. The Bertz CT molecular complexity index is 636. The first-order valence-electron chi connectivity index (χ1n) is 6.82. The van der Waals surface area contributed by atoms with Crippen LogP contribution in [-0.4, -0.2) is 53.5 Å². The highest BCUT2D eigenvalue weighted by molar-refractivity contribution is 6.34. The molecule has 2 aromatic rings. The fourth-order valence-corrected chi connectivity index (χ4v) is 2.15. The average molecular weight is 289 g/mol. The van der Waals surface area contributed by atoms with Crippen molar-refractivity contribution in [3.8, 4) is 0 Å². The van der Waals surface area contributed by atoms with E-state index in [9.17, 15) is 9.59 Å². The highest BCUT2D eigenvalue weighted by Crippen LogP contribution is 2.17. The van der Waals surface area contributed by atoms with Crippen molar-refractivity contribution in [2.45, 2.75) is 6.42 Å². The number of aromatic amines is 1. The van der Waals surface area contributed by atoms with Crippen molar-refractivity contribution in [3.05, 3.63) is 36.0 Å². The summed E-state index contributed by atoms with van der Waals surface area (Å²) < 4.78 is 0. The zero-order valence-corrected chi connectivity index (χ0v) is 11.9. The number of likely N-dealkylation sites (N-methyl/N-ethyl adjacent to an activating group) is 1. The summed E-state index contributed by atoms with van der Waals surface area (Å²) in [5, 5.41) is 12.5. The molecule has 1 aromatic heterocycles. The number of aliphatic hydroxyl groups excluding tert-OH is 1. The van der Waals surface area contributed by atoms with Crippen LogP contribution < -0.4 is 5.32 Å². The molecular formula is C15H19N3O3. The molecule has 1 aromatic carbocycles. The van der Waals surface area contributed by atoms with E-state index in [0.717, 1.165) is 16.5 Å². The first-order chi connectivity index (χ1) is 10.1. The largest absolute Gasteiger partial charge is 0.395 e. The number of hydrogen-bond donors (Lipinski definition) is 3. The maximum absolute atomic E-state index is 11.7. The molecule has 3 N–H and O–H groups in total. The third-order valence-electron chi connectivity index (χ3n) is 3.33. The summed E-state index contributed by atoms with van der Waals surface area (Å²) in [7, 11) is 1.48. The van der Waals surface area contributed by atoms with E-state index in [1.165, 1.54) is 11.9 Å². The molecule has 0 aliphatic heterocycles. The zero-order valence-electron chi connectivity index (χ0n) is 11.9. The number of nitrogens with one attached hydrogen (secondary N) is 2. The molecule has 0 radical (unpaired) electrons. The van der Waals surface area contributed by atoms with Crippen molar-refractivity contribution in [1.82, 2.24) is 15.2 Å². The minimum Gasteiger partial charge on any atom is -0.395 e. The van der Waals surface area contributed by atoms with E-state index in [1.54, 1.807) is 0 Å². The first kappa shape index (κ1) is 15.1. The molecule has 0 bridgehead atoms. The van der Waals surface area contributed by atoms with E-state index in [1.807, 2.05) is 30.5 Å². The molecule has 0 saturated heterocycles. The SMILES string of the molecule is CN(CCO)C(=O)C(=O)NCCc1c[nH]c2ccccc12. The van der Waals surface area contributed by atoms with Crippen molar-refractivity contribution in [2.75, 3.05) is 26.7 Å². The van der Waals surface area contributed by atoms with Crippen molar-refractivity contribution in [3.63, 3.8) is 0 Å². The van der Waals surface area contributed by atoms with Gasteiger partial charge in [-0.25, -0.2) is 0 Å². The summed E-state index contributed by atoms with van der Waals surface area (Å²) in [4.78, 5) is 27.7. The monoisotopic (exact) mass is 289 g/mol. The molecule has 2 amide bonds. The molecule has 6 nitrogen and oxygen atoms in total. The quantitative estimate of drug-likeness (QED) is 0.691. The predicted octanol–water partition coefficient (Wildman–Crippen LogP) is 0.277. The Morgan fingerprint density at radius 3 is 2.86 bits per heavy atom. The molecule has 0 aliphatic carbocycles. The Hall–Kier alpha value is -2.34. The van der Waals surface area contributed by atoms with E-state index >= 15 is 0 Å². The molecule has 0 spiro atoms. The smallest absolute Gasteiger partial charge is 0.311 e. The number of aromatic nitrogens is 1. The van der Waals surface area contributed by atoms with Crippen LogP contribution in [0.25, 0.3) is 10.9 Å². The van der Waals surface area contributed by atoms with Gasteiger partial charge in [-0.2, -0.15) is 0 Å². The normalized spacial score (nSPS) is 10.6. The lowest BCUT2D eigenvalue weighted by Crippen LogP contribution is -2.42. The molecule has 2 rings (SSSR count). The van der Waals surface area contributed by atoms with Gasteiger partial charge in [0.15, 0.2) is 0 Å². The second-order valence-corrected chi connectivity index (χ2v) is 4.82. The minimum atomic E-state index is -0.647. The van der Waals surface area contributed by atoms with Crippen LogP contribution in [0.2, 0.25) is 0 Å². The number of para-hydroxylation sites is 1. The number of carbonyl (C=O) groups is 2. The predicted molar refractivity (Wildman–Crippen MR) is 79.7 cm³/mol. The number of amides is 2. The summed E-state index contributed by atoms with van der Waals surface area (Å²) in [6.07, 6.45) is 2.56. The second-order valence-electron chi connectivity index (χ2n) is 4.82. The minimum absolute atomic E-state index is 0.148. The fraction of sp³-hybridized carbons (Fsp3) is 0.333. The molecule has 21 heavy (non-hydrogen) atoms. The molecule has 1 heterocycles. The first-order valence-corrected chi connectivity index (χ1v) is 6.82. The van der Waals surface area contributed by atoms with Gasteiger partial charge >= 0.3 is 11.8 Å². The van der Waals surface area contributed by atoms with Crippen LogP contribution in [0.1, 0.15) is 5.56 Å². The van der Waals surface area contributed by atoms with Gasteiger partial charge in [0.1, 0.15) is 0 Å². The van der Waals surface area contributed by atoms with Crippen molar-refractivity contribution < 1.29 is 14.7 Å². The van der Waals surface area contributed by atoms with Crippen molar-refractivity contribution >= 4 is 22.7 Å². The molecule has 6 heteroatoms. The van der Waals surface area contributed by atoms with Crippen LogP contribution in [0.15, 0.2) is 30.5 Å². The molecule has 0 unspecified atom stereocenters.